The average molecular weight is 579 g/mol. The standard InChI is InChI=1S/C29H22Cl3N5O2/c30-19-12-14-20(15-13-19)34-27(38)17-33-37-26(35-25-11-4-2-7-21(25)29(37)39)16-18-6-1-3-10-24(18)36-28-22(31)8-5-9-23(28)32/h1-15,33,36H,16-17H2,(H,34,38). The van der Waals surface area contributed by atoms with Crippen LogP contribution in [0.4, 0.5) is 17.1 Å². The van der Waals surface area contributed by atoms with Crippen LogP contribution < -0.4 is 21.6 Å². The number of hydrogen-bond acceptors (Lipinski definition) is 5. The smallest absolute Gasteiger partial charge is 0.279 e. The van der Waals surface area contributed by atoms with Crippen molar-refractivity contribution in [2.75, 3.05) is 22.6 Å². The van der Waals surface area contributed by atoms with Crippen molar-refractivity contribution in [3.63, 3.8) is 0 Å². The summed E-state index contributed by atoms with van der Waals surface area (Å²) in [5, 5.41) is 8.04. The molecule has 10 heteroatoms. The van der Waals surface area contributed by atoms with Crippen molar-refractivity contribution in [2.45, 2.75) is 6.42 Å². The molecule has 3 N–H and O–H groups in total. The molecule has 0 saturated heterocycles. The number of amides is 1. The molecule has 1 aromatic heterocycles. The summed E-state index contributed by atoms with van der Waals surface area (Å²) >= 11 is 18.7. The Labute approximate surface area is 239 Å². The number of hydrogen-bond donors (Lipinski definition) is 3. The van der Waals surface area contributed by atoms with Gasteiger partial charge >= 0.3 is 0 Å². The fourth-order valence-electron chi connectivity index (χ4n) is 4.07. The summed E-state index contributed by atoms with van der Waals surface area (Å²) in [7, 11) is 0. The van der Waals surface area contributed by atoms with Crippen LogP contribution in [0, 0.1) is 0 Å². The van der Waals surface area contributed by atoms with E-state index in [2.05, 4.69) is 16.1 Å². The normalized spacial score (nSPS) is 10.8. The zero-order chi connectivity index (χ0) is 27.4. The van der Waals surface area contributed by atoms with Crippen LogP contribution in [0.1, 0.15) is 11.4 Å². The van der Waals surface area contributed by atoms with E-state index in [-0.39, 0.29) is 24.4 Å². The van der Waals surface area contributed by atoms with Crippen LogP contribution in [-0.4, -0.2) is 22.1 Å². The highest BCUT2D eigenvalue weighted by Crippen LogP contribution is 2.34. The van der Waals surface area contributed by atoms with Crippen molar-refractivity contribution in [1.82, 2.24) is 9.66 Å². The minimum absolute atomic E-state index is 0.162. The molecule has 1 amide bonds. The van der Waals surface area contributed by atoms with E-state index < -0.39 is 0 Å². The molecule has 196 valence electrons. The molecule has 0 fully saturated rings. The summed E-state index contributed by atoms with van der Waals surface area (Å²) in [5.74, 6) is 0.0938. The van der Waals surface area contributed by atoms with Crippen LogP contribution in [0.3, 0.4) is 0 Å². The Morgan fingerprint density at radius 1 is 0.821 bits per heavy atom. The predicted octanol–water partition coefficient (Wildman–Crippen LogP) is 6.87. The third-order valence-electron chi connectivity index (χ3n) is 5.96. The zero-order valence-corrected chi connectivity index (χ0v) is 22.7. The summed E-state index contributed by atoms with van der Waals surface area (Å²) in [4.78, 5) is 30.9. The third-order valence-corrected chi connectivity index (χ3v) is 6.84. The molecule has 0 unspecified atom stereocenters. The maximum atomic E-state index is 13.5. The van der Waals surface area contributed by atoms with E-state index >= 15 is 0 Å². The Kier molecular flexibility index (Phi) is 8.02. The van der Waals surface area contributed by atoms with Gasteiger partial charge in [-0.3, -0.25) is 9.59 Å². The van der Waals surface area contributed by atoms with Gasteiger partial charge in [0, 0.05) is 22.8 Å². The summed E-state index contributed by atoms with van der Waals surface area (Å²) in [6.07, 6.45) is 0.275. The highest BCUT2D eigenvalue weighted by molar-refractivity contribution is 6.39. The highest BCUT2D eigenvalue weighted by atomic mass is 35.5. The fraction of sp³-hybridized carbons (Fsp3) is 0.0690. The molecule has 0 radical (unpaired) electrons. The monoisotopic (exact) mass is 577 g/mol. The van der Waals surface area contributed by atoms with Crippen molar-refractivity contribution in [1.29, 1.82) is 0 Å². The van der Waals surface area contributed by atoms with Gasteiger partial charge in [0.15, 0.2) is 0 Å². The minimum atomic E-state index is -0.334. The number of nitrogens with zero attached hydrogens (tertiary/aromatic N) is 2. The molecule has 5 rings (SSSR count). The van der Waals surface area contributed by atoms with E-state index in [4.69, 9.17) is 39.8 Å². The second-order valence-corrected chi connectivity index (χ2v) is 9.88. The number of carbonyl (C=O) groups excluding carboxylic acids is 1. The second kappa shape index (κ2) is 11.8. The predicted molar refractivity (Wildman–Crippen MR) is 159 cm³/mol. The highest BCUT2D eigenvalue weighted by Gasteiger charge is 2.15. The minimum Gasteiger partial charge on any atom is -0.353 e. The van der Waals surface area contributed by atoms with E-state index in [0.29, 0.717) is 43.2 Å². The first kappa shape index (κ1) is 26.6. The summed E-state index contributed by atoms with van der Waals surface area (Å²) in [6, 6.07) is 26.7. The van der Waals surface area contributed by atoms with Gasteiger partial charge in [0.2, 0.25) is 5.91 Å². The number of aromatic nitrogens is 2. The molecule has 0 aliphatic rings. The van der Waals surface area contributed by atoms with Gasteiger partial charge in [0.1, 0.15) is 12.4 Å². The maximum Gasteiger partial charge on any atom is 0.279 e. The molecule has 1 heterocycles. The molecule has 0 atom stereocenters. The number of rotatable bonds is 8. The van der Waals surface area contributed by atoms with E-state index in [0.717, 1.165) is 11.3 Å². The molecule has 0 saturated carbocycles. The van der Waals surface area contributed by atoms with Crippen LogP contribution >= 0.6 is 34.8 Å². The molecule has 0 aliphatic carbocycles. The van der Waals surface area contributed by atoms with Crippen molar-refractivity contribution in [3.8, 4) is 0 Å². The molecule has 4 aromatic carbocycles. The van der Waals surface area contributed by atoms with Crippen LogP contribution in [0.5, 0.6) is 0 Å². The van der Waals surface area contributed by atoms with Gasteiger partial charge in [-0.2, -0.15) is 0 Å². The number of halogens is 3. The lowest BCUT2D eigenvalue weighted by Gasteiger charge is -2.18. The van der Waals surface area contributed by atoms with E-state index in [9.17, 15) is 9.59 Å². The van der Waals surface area contributed by atoms with Gasteiger partial charge in [0.25, 0.3) is 5.56 Å². The topological polar surface area (TPSA) is 88.1 Å². The van der Waals surface area contributed by atoms with Crippen molar-refractivity contribution in [3.05, 3.63) is 128 Å². The Hall–Kier alpha value is -4.04. The van der Waals surface area contributed by atoms with Crippen LogP contribution in [0.25, 0.3) is 10.9 Å². The Morgan fingerprint density at radius 2 is 1.51 bits per heavy atom. The van der Waals surface area contributed by atoms with Gasteiger partial charge in [-0.05, 0) is 60.2 Å². The first-order chi connectivity index (χ1) is 18.9. The molecular weight excluding hydrogens is 557 g/mol. The first-order valence-corrected chi connectivity index (χ1v) is 13.1. The number of fused-ring (bicyclic) bond motifs is 1. The number of nitrogens with one attached hydrogen (secondary N) is 3. The van der Waals surface area contributed by atoms with E-state index in [1.54, 1.807) is 60.7 Å². The fourth-order valence-corrected chi connectivity index (χ4v) is 4.69. The first-order valence-electron chi connectivity index (χ1n) is 12.0. The lowest BCUT2D eigenvalue weighted by molar-refractivity contribution is -0.114. The van der Waals surface area contributed by atoms with Gasteiger partial charge in [0.05, 0.1) is 26.6 Å². The maximum absolute atomic E-state index is 13.5. The van der Waals surface area contributed by atoms with Crippen molar-refractivity contribution in [2.24, 2.45) is 0 Å². The lowest BCUT2D eigenvalue weighted by Crippen LogP contribution is -2.37. The van der Waals surface area contributed by atoms with Crippen LogP contribution in [0.15, 0.2) is 95.8 Å². The summed E-state index contributed by atoms with van der Waals surface area (Å²) in [5.41, 5.74) is 5.96. The number of carbonyl (C=O) groups is 1. The molecule has 5 aromatic rings. The lowest BCUT2D eigenvalue weighted by atomic mass is 10.1. The van der Waals surface area contributed by atoms with Crippen LogP contribution in [0.2, 0.25) is 15.1 Å². The van der Waals surface area contributed by atoms with Gasteiger partial charge in [-0.25, -0.2) is 9.66 Å². The van der Waals surface area contributed by atoms with Gasteiger partial charge in [-0.15, -0.1) is 0 Å². The molecule has 0 bridgehead atoms. The molecule has 0 spiro atoms. The third kappa shape index (κ3) is 6.17. The number of benzene rings is 4. The largest absolute Gasteiger partial charge is 0.353 e. The number of anilines is 3. The zero-order valence-electron chi connectivity index (χ0n) is 20.4. The summed E-state index contributed by atoms with van der Waals surface area (Å²) in [6.45, 7) is -0.162. The Balaban J connectivity index is 1.46. The van der Waals surface area contributed by atoms with Gasteiger partial charge < -0.3 is 16.1 Å². The van der Waals surface area contributed by atoms with Gasteiger partial charge in [-0.1, -0.05) is 71.2 Å². The summed E-state index contributed by atoms with van der Waals surface area (Å²) < 4.78 is 1.32. The Bertz CT molecular complexity index is 1700. The average Bonchev–Trinajstić information content (AvgIpc) is 2.93. The SMILES string of the molecule is O=C(CNn1c(Cc2ccccc2Nc2c(Cl)cccc2Cl)nc2ccccc2c1=O)Nc1ccc(Cl)cc1. The number of para-hydroxylation sites is 3. The molecule has 39 heavy (non-hydrogen) atoms. The Morgan fingerprint density at radius 3 is 2.28 bits per heavy atom. The quantitative estimate of drug-likeness (QED) is 0.187. The van der Waals surface area contributed by atoms with E-state index in [1.165, 1.54) is 4.68 Å². The van der Waals surface area contributed by atoms with Crippen molar-refractivity contribution >= 4 is 68.7 Å². The second-order valence-electron chi connectivity index (χ2n) is 8.63. The molecule has 7 nitrogen and oxygen atoms in total. The molecule has 0 aliphatic heterocycles. The van der Waals surface area contributed by atoms with Crippen LogP contribution in [-0.2, 0) is 11.2 Å². The van der Waals surface area contributed by atoms with Crippen molar-refractivity contribution < 1.29 is 4.79 Å². The van der Waals surface area contributed by atoms with E-state index in [1.807, 2.05) is 30.3 Å². The molecular formula is C29H22Cl3N5O2.